The number of nitrogens with two attached hydrogens (primary N) is 1. The molecule has 2 heterocycles. The Morgan fingerprint density at radius 3 is 2.73 bits per heavy atom. The minimum absolute atomic E-state index is 0.0400. The molecular weight excluding hydrogens is 346 g/mol. The number of carbonyl (C=O) groups is 2. The van der Waals surface area contributed by atoms with Crippen LogP contribution in [0.25, 0.3) is 0 Å². The Labute approximate surface area is 157 Å². The van der Waals surface area contributed by atoms with Gasteiger partial charge in [0.1, 0.15) is 11.5 Å². The summed E-state index contributed by atoms with van der Waals surface area (Å²) in [4.78, 5) is 27.2. The fraction of sp³-hybridized carbons (Fsp3) is 0.400. The molecule has 1 aromatic carbocycles. The van der Waals surface area contributed by atoms with E-state index in [0.29, 0.717) is 10.6 Å². The van der Waals surface area contributed by atoms with Crippen molar-refractivity contribution in [2.75, 3.05) is 11.9 Å². The molecule has 0 fully saturated rings. The van der Waals surface area contributed by atoms with Gasteiger partial charge in [-0.2, -0.15) is 0 Å². The predicted molar refractivity (Wildman–Crippen MR) is 103 cm³/mol. The summed E-state index contributed by atoms with van der Waals surface area (Å²) in [6, 6.07) is 8.26. The molecule has 1 aromatic heterocycles. The first kappa shape index (κ1) is 17.2. The van der Waals surface area contributed by atoms with Crippen LogP contribution in [0, 0.1) is 0 Å². The lowest BCUT2D eigenvalue weighted by molar-refractivity contribution is -0.929. The maximum Gasteiger partial charge on any atom is 0.283 e. The predicted octanol–water partition coefficient (Wildman–Crippen LogP) is 1.30. The van der Waals surface area contributed by atoms with Gasteiger partial charge in [0, 0.05) is 16.9 Å². The zero-order valence-electron chi connectivity index (χ0n) is 14.9. The quantitative estimate of drug-likeness (QED) is 0.759. The number of rotatable bonds is 4. The Morgan fingerprint density at radius 1 is 1.19 bits per heavy atom. The number of thiophene rings is 1. The molecule has 2 amide bonds. The summed E-state index contributed by atoms with van der Waals surface area (Å²) < 4.78 is 0. The Balaban J connectivity index is 1.50. The van der Waals surface area contributed by atoms with Crippen LogP contribution in [0.15, 0.2) is 24.3 Å². The lowest BCUT2D eigenvalue weighted by Crippen LogP contribution is -3.16. The highest BCUT2D eigenvalue weighted by Gasteiger charge is 2.31. The van der Waals surface area contributed by atoms with Crippen LogP contribution in [0.3, 0.4) is 0 Å². The van der Waals surface area contributed by atoms with Crippen LogP contribution in [0.4, 0.5) is 5.00 Å². The van der Waals surface area contributed by atoms with Gasteiger partial charge in [0.2, 0.25) is 0 Å². The monoisotopic (exact) mass is 370 g/mol. The SMILES string of the molecule is C[C@@H](C(=O)Nc1sc2c(c1C(N)=O)CCC2)[NH+]1CCc2ccccc2C1. The number of anilines is 1. The Kier molecular flexibility index (Phi) is 4.54. The highest BCUT2D eigenvalue weighted by molar-refractivity contribution is 7.17. The van der Waals surface area contributed by atoms with Gasteiger partial charge in [0.25, 0.3) is 11.8 Å². The van der Waals surface area contributed by atoms with Crippen molar-refractivity contribution in [1.29, 1.82) is 0 Å². The van der Waals surface area contributed by atoms with Crippen molar-refractivity contribution in [1.82, 2.24) is 0 Å². The van der Waals surface area contributed by atoms with Crippen LogP contribution in [0.2, 0.25) is 0 Å². The van der Waals surface area contributed by atoms with Crippen molar-refractivity contribution >= 4 is 28.2 Å². The van der Waals surface area contributed by atoms with Gasteiger partial charge in [0.05, 0.1) is 12.1 Å². The third kappa shape index (κ3) is 3.04. The highest BCUT2D eigenvalue weighted by Crippen LogP contribution is 2.38. The third-order valence-electron chi connectivity index (χ3n) is 5.66. The smallest absolute Gasteiger partial charge is 0.283 e. The number of aryl methyl sites for hydroxylation is 1. The summed E-state index contributed by atoms with van der Waals surface area (Å²) in [5.74, 6) is -0.478. The fourth-order valence-electron chi connectivity index (χ4n) is 4.13. The van der Waals surface area contributed by atoms with Crippen molar-refractivity contribution in [3.63, 3.8) is 0 Å². The van der Waals surface area contributed by atoms with Crippen molar-refractivity contribution in [2.45, 2.75) is 45.2 Å². The molecule has 2 aliphatic rings. The Hall–Kier alpha value is -2.18. The van der Waals surface area contributed by atoms with E-state index in [-0.39, 0.29) is 11.9 Å². The first-order valence-electron chi connectivity index (χ1n) is 9.21. The van der Waals surface area contributed by atoms with E-state index in [1.807, 2.05) is 6.92 Å². The molecule has 1 unspecified atom stereocenters. The molecule has 5 nitrogen and oxygen atoms in total. The highest BCUT2D eigenvalue weighted by atomic mass is 32.1. The first-order valence-corrected chi connectivity index (χ1v) is 10.0. The van der Waals surface area contributed by atoms with Gasteiger partial charge in [-0.1, -0.05) is 24.3 Å². The van der Waals surface area contributed by atoms with E-state index in [1.54, 1.807) is 0 Å². The lowest BCUT2D eigenvalue weighted by Gasteiger charge is -2.30. The maximum absolute atomic E-state index is 12.8. The van der Waals surface area contributed by atoms with Gasteiger partial charge in [-0.05, 0) is 37.3 Å². The summed E-state index contributed by atoms with van der Waals surface area (Å²) in [5.41, 5.74) is 9.87. The van der Waals surface area contributed by atoms with Gasteiger partial charge < -0.3 is 16.0 Å². The van der Waals surface area contributed by atoms with Gasteiger partial charge >= 0.3 is 0 Å². The van der Waals surface area contributed by atoms with Crippen LogP contribution in [-0.2, 0) is 30.6 Å². The zero-order valence-corrected chi connectivity index (χ0v) is 15.7. The minimum atomic E-state index is -0.438. The number of hydrogen-bond donors (Lipinski definition) is 3. The fourth-order valence-corrected chi connectivity index (χ4v) is 5.43. The number of carbonyl (C=O) groups excluding carboxylic acids is 2. The van der Waals surface area contributed by atoms with Crippen LogP contribution < -0.4 is 16.0 Å². The molecule has 4 N–H and O–H groups in total. The van der Waals surface area contributed by atoms with Gasteiger partial charge in [-0.3, -0.25) is 9.59 Å². The normalized spacial score (nSPS) is 19.5. The lowest BCUT2D eigenvalue weighted by atomic mass is 9.99. The van der Waals surface area contributed by atoms with Gasteiger partial charge in [-0.25, -0.2) is 0 Å². The summed E-state index contributed by atoms with van der Waals surface area (Å²) in [7, 11) is 0. The molecule has 4 rings (SSSR count). The molecule has 0 radical (unpaired) electrons. The number of primary amides is 1. The molecule has 1 aliphatic heterocycles. The topological polar surface area (TPSA) is 76.6 Å². The molecular formula is C20H24N3O2S+. The molecule has 2 aromatic rings. The second kappa shape index (κ2) is 6.85. The van der Waals surface area contributed by atoms with Crippen LogP contribution >= 0.6 is 11.3 Å². The summed E-state index contributed by atoms with van der Waals surface area (Å²) >= 11 is 1.52. The molecule has 26 heavy (non-hydrogen) atoms. The van der Waals surface area contributed by atoms with Crippen LogP contribution in [0.1, 0.15) is 45.3 Å². The van der Waals surface area contributed by atoms with Crippen LogP contribution in [-0.4, -0.2) is 24.4 Å². The Morgan fingerprint density at radius 2 is 1.96 bits per heavy atom. The van der Waals surface area contributed by atoms with Crippen molar-refractivity contribution in [3.8, 4) is 0 Å². The maximum atomic E-state index is 12.8. The molecule has 0 spiro atoms. The summed E-state index contributed by atoms with van der Waals surface area (Å²) in [6.07, 6.45) is 3.90. The van der Waals surface area contributed by atoms with Gasteiger partial charge in [0.15, 0.2) is 6.04 Å². The average molecular weight is 370 g/mol. The van der Waals surface area contributed by atoms with Gasteiger partial charge in [-0.15, -0.1) is 11.3 Å². The van der Waals surface area contributed by atoms with E-state index in [2.05, 4.69) is 29.6 Å². The molecule has 6 heteroatoms. The number of amides is 2. The standard InChI is InChI=1S/C20H23N3O2S/c1-12(23-10-9-13-5-2-3-6-14(13)11-23)19(25)22-20-17(18(21)24)15-7-4-8-16(15)26-20/h2-3,5-6,12H,4,7-11H2,1H3,(H2,21,24)(H,22,25)/p+1/t12-/m0/s1. The van der Waals surface area contributed by atoms with Crippen molar-refractivity contribution < 1.29 is 14.5 Å². The van der Waals surface area contributed by atoms with E-state index in [4.69, 9.17) is 5.73 Å². The number of fused-ring (bicyclic) bond motifs is 2. The van der Waals surface area contributed by atoms with E-state index in [0.717, 1.165) is 44.3 Å². The largest absolute Gasteiger partial charge is 0.365 e. The summed E-state index contributed by atoms with van der Waals surface area (Å²) in [6.45, 7) is 3.76. The van der Waals surface area contributed by atoms with Crippen molar-refractivity contribution in [2.24, 2.45) is 5.73 Å². The second-order valence-corrected chi connectivity index (χ2v) is 8.35. The minimum Gasteiger partial charge on any atom is -0.365 e. The van der Waals surface area contributed by atoms with E-state index >= 15 is 0 Å². The number of nitrogens with one attached hydrogen (secondary N) is 2. The van der Waals surface area contributed by atoms with Crippen molar-refractivity contribution in [3.05, 3.63) is 51.4 Å². The molecule has 2 atom stereocenters. The van der Waals surface area contributed by atoms with E-state index in [1.165, 1.54) is 32.2 Å². The second-order valence-electron chi connectivity index (χ2n) is 7.24. The molecule has 1 aliphatic carbocycles. The molecule has 136 valence electrons. The third-order valence-corrected chi connectivity index (χ3v) is 6.87. The number of hydrogen-bond acceptors (Lipinski definition) is 3. The molecule has 0 saturated heterocycles. The molecule has 0 saturated carbocycles. The Bertz CT molecular complexity index is 874. The first-order chi connectivity index (χ1) is 12.5. The summed E-state index contributed by atoms with van der Waals surface area (Å²) in [5, 5.41) is 3.64. The number of quaternary nitrogens is 1. The van der Waals surface area contributed by atoms with Crippen LogP contribution in [0.5, 0.6) is 0 Å². The average Bonchev–Trinajstić information content (AvgIpc) is 3.20. The molecule has 0 bridgehead atoms. The van der Waals surface area contributed by atoms with E-state index in [9.17, 15) is 9.59 Å². The number of benzene rings is 1. The van der Waals surface area contributed by atoms with E-state index < -0.39 is 5.91 Å². The zero-order chi connectivity index (χ0) is 18.3.